The largest absolute Gasteiger partial charge is 0.509 e. The molecule has 0 bridgehead atoms. The molecule has 0 fully saturated rings. The first kappa shape index (κ1) is 32.4. The van der Waals surface area contributed by atoms with Crippen LogP contribution in [0.5, 0.6) is 11.5 Å². The number of nitrogens with zero attached hydrogens (tertiary/aromatic N) is 4. The van der Waals surface area contributed by atoms with Crippen molar-refractivity contribution in [3.63, 3.8) is 0 Å². The molecule has 0 saturated carbocycles. The van der Waals surface area contributed by atoms with E-state index in [1.807, 2.05) is 89.8 Å². The number of anilines is 4. The van der Waals surface area contributed by atoms with Gasteiger partial charge in [0.25, 0.3) is 0 Å². The van der Waals surface area contributed by atoms with E-state index in [1.54, 1.807) is 17.8 Å². The fourth-order valence-corrected chi connectivity index (χ4v) is 6.65. The Morgan fingerprint density at radius 1 is 0.627 bits per heavy atom. The smallest absolute Gasteiger partial charge is 0.147 e. The van der Waals surface area contributed by atoms with Crippen molar-refractivity contribution in [2.45, 2.75) is 6.42 Å². The Morgan fingerprint density at radius 2 is 1.39 bits per heavy atom. The van der Waals surface area contributed by atoms with Crippen LogP contribution in [0.25, 0.3) is 27.6 Å². The van der Waals surface area contributed by atoms with Gasteiger partial charge in [-0.2, -0.15) is 6.07 Å². The fourth-order valence-electron chi connectivity index (χ4n) is 6.65. The van der Waals surface area contributed by atoms with Crippen LogP contribution in [0.3, 0.4) is 0 Å². The Bertz CT molecular complexity index is 2520. The third kappa shape index (κ3) is 6.04. The molecule has 1 aliphatic heterocycles. The molecular weight excluding hydrogens is 822 g/mol. The van der Waals surface area contributed by atoms with Gasteiger partial charge in [-0.25, -0.2) is 13.8 Å². The van der Waals surface area contributed by atoms with Crippen molar-refractivity contribution in [1.29, 1.82) is 0 Å². The van der Waals surface area contributed by atoms with Gasteiger partial charge in [-0.3, -0.25) is 0 Å². The van der Waals surface area contributed by atoms with E-state index >= 15 is 4.39 Å². The molecule has 0 unspecified atom stereocenters. The molecule has 0 N–H and O–H groups in total. The molecule has 9 rings (SSSR count). The zero-order valence-corrected chi connectivity index (χ0v) is 29.2. The van der Waals surface area contributed by atoms with Crippen molar-refractivity contribution in [3.05, 3.63) is 187 Å². The maximum Gasteiger partial charge on any atom is 0.147 e. The van der Waals surface area contributed by atoms with Crippen molar-refractivity contribution < 1.29 is 34.6 Å². The van der Waals surface area contributed by atoms with Crippen LogP contribution in [-0.4, -0.2) is 9.55 Å². The Balaban J connectivity index is 0.00000374. The van der Waals surface area contributed by atoms with Gasteiger partial charge >= 0.3 is 0 Å². The van der Waals surface area contributed by atoms with Crippen LogP contribution < -0.4 is 14.5 Å². The molecule has 0 atom stereocenters. The van der Waals surface area contributed by atoms with Crippen LogP contribution in [0.1, 0.15) is 11.1 Å². The number of hydrogen-bond acceptors (Lipinski definition) is 4. The van der Waals surface area contributed by atoms with E-state index in [-0.39, 0.29) is 26.8 Å². The van der Waals surface area contributed by atoms with Gasteiger partial charge in [0.15, 0.2) is 0 Å². The summed E-state index contributed by atoms with van der Waals surface area (Å²) in [4.78, 5) is 8.31. The standard InChI is InChI=1S/C43H27F2N4O.Pt/c44-31-17-20-39(37(45)25-31)48-28-47(40-14-6-7-15-41(40)48)32-23-30(22-29-10-2-1-3-11-29)24-34(26-32)50-33-18-19-36-35-12-4-5-13-38(35)49(42(36)27-33)43-16-8-9-21-46-43;/h1-21,23-25,28H,22H2;/q-3;. The molecule has 8 aromatic rings. The van der Waals surface area contributed by atoms with E-state index < -0.39 is 11.6 Å². The molecule has 0 amide bonds. The van der Waals surface area contributed by atoms with Crippen LogP contribution in [0, 0.1) is 30.4 Å². The molecule has 252 valence electrons. The number of halogens is 2. The molecule has 51 heavy (non-hydrogen) atoms. The van der Waals surface area contributed by atoms with Crippen LogP contribution in [0.2, 0.25) is 0 Å². The second-order valence-electron chi connectivity index (χ2n) is 12.1. The van der Waals surface area contributed by atoms with Crippen LogP contribution in [0.4, 0.5) is 31.5 Å². The second-order valence-corrected chi connectivity index (χ2v) is 12.1. The summed E-state index contributed by atoms with van der Waals surface area (Å²) in [5.74, 6) is 0.530. The van der Waals surface area contributed by atoms with Gasteiger partial charge in [-0.1, -0.05) is 72.2 Å². The van der Waals surface area contributed by atoms with Crippen LogP contribution >= 0.6 is 0 Å². The summed E-state index contributed by atoms with van der Waals surface area (Å²) in [6.07, 6.45) is 2.44. The molecule has 0 radical (unpaired) electrons. The summed E-state index contributed by atoms with van der Waals surface area (Å²) in [6, 6.07) is 50.6. The number of fused-ring (bicyclic) bond motifs is 4. The average molecular weight is 849 g/mol. The van der Waals surface area contributed by atoms with Crippen molar-refractivity contribution in [3.8, 4) is 17.3 Å². The minimum atomic E-state index is -0.655. The van der Waals surface area contributed by atoms with E-state index in [4.69, 9.17) is 4.74 Å². The Morgan fingerprint density at radius 3 is 2.20 bits per heavy atom. The van der Waals surface area contributed by atoms with Gasteiger partial charge < -0.3 is 19.1 Å². The van der Waals surface area contributed by atoms with Gasteiger partial charge in [0.05, 0.1) is 0 Å². The predicted molar refractivity (Wildman–Crippen MR) is 193 cm³/mol. The molecule has 3 heterocycles. The number of ether oxygens (including phenoxy) is 1. The van der Waals surface area contributed by atoms with Crippen molar-refractivity contribution in [1.82, 2.24) is 9.55 Å². The third-order valence-corrected chi connectivity index (χ3v) is 8.86. The molecule has 5 nitrogen and oxygen atoms in total. The molecule has 0 saturated heterocycles. The number of benzene rings is 6. The minimum Gasteiger partial charge on any atom is -0.509 e. The van der Waals surface area contributed by atoms with Crippen molar-refractivity contribution >= 4 is 44.6 Å². The zero-order chi connectivity index (χ0) is 33.6. The zero-order valence-electron chi connectivity index (χ0n) is 26.9. The summed E-state index contributed by atoms with van der Waals surface area (Å²) >= 11 is 0. The topological polar surface area (TPSA) is 33.5 Å². The van der Waals surface area contributed by atoms with Crippen LogP contribution in [0.15, 0.2) is 146 Å². The summed E-state index contributed by atoms with van der Waals surface area (Å²) in [6.45, 7) is 1.80. The van der Waals surface area contributed by atoms with E-state index in [0.29, 0.717) is 23.6 Å². The van der Waals surface area contributed by atoms with E-state index in [1.165, 1.54) is 12.1 Å². The first-order chi connectivity index (χ1) is 24.6. The average Bonchev–Trinajstić information content (AvgIpc) is 3.68. The van der Waals surface area contributed by atoms with Crippen LogP contribution in [-0.2, 0) is 27.5 Å². The Kier molecular flexibility index (Phi) is 8.58. The first-order valence-electron chi connectivity index (χ1n) is 16.2. The minimum absolute atomic E-state index is 0. The molecular formula is C43H27F2N4OPt-3. The molecule has 0 spiro atoms. The van der Waals surface area contributed by atoms with Crippen molar-refractivity contribution in [2.24, 2.45) is 0 Å². The summed E-state index contributed by atoms with van der Waals surface area (Å²) in [5.41, 5.74) is 6.54. The summed E-state index contributed by atoms with van der Waals surface area (Å²) in [7, 11) is 0. The number of rotatable bonds is 7. The second kappa shape index (κ2) is 13.5. The number of aromatic nitrogens is 2. The SMILES string of the molecule is Fc1ccc(N2[CH-]N(c3[c-]c(Oc4[c-]c5c(cc4)c4ccccc4n5-c4ccccn4)cc(Cc4ccccc4)c3)c3ccccc32)c(F)c1.[Pt]. The number of pyridine rings is 1. The maximum atomic E-state index is 15.1. The van der Waals surface area contributed by atoms with Crippen molar-refractivity contribution in [2.75, 3.05) is 9.80 Å². The van der Waals surface area contributed by atoms with Gasteiger partial charge in [0.1, 0.15) is 17.5 Å². The monoisotopic (exact) mass is 848 g/mol. The van der Waals surface area contributed by atoms with Gasteiger partial charge in [0.2, 0.25) is 0 Å². The van der Waals surface area contributed by atoms with Gasteiger partial charge in [0, 0.05) is 67.4 Å². The number of hydrogen-bond donors (Lipinski definition) is 0. The normalized spacial score (nSPS) is 12.3. The van der Waals surface area contributed by atoms with Gasteiger partial charge in [-0.15, -0.1) is 53.6 Å². The summed E-state index contributed by atoms with van der Waals surface area (Å²) < 4.78 is 37.6. The Hall–Kier alpha value is -5.78. The Labute approximate surface area is 308 Å². The molecule has 6 aromatic carbocycles. The fraction of sp³-hybridized carbons (Fsp3) is 0.0233. The third-order valence-electron chi connectivity index (χ3n) is 8.86. The predicted octanol–water partition coefficient (Wildman–Crippen LogP) is 10.8. The first-order valence-corrected chi connectivity index (χ1v) is 16.2. The van der Waals surface area contributed by atoms with E-state index in [9.17, 15) is 4.39 Å². The maximum absolute atomic E-state index is 15.1. The quantitative estimate of drug-likeness (QED) is 0.150. The number of para-hydroxylation sites is 3. The summed E-state index contributed by atoms with van der Waals surface area (Å²) in [5, 5.41) is 2.14. The van der Waals surface area contributed by atoms with E-state index in [2.05, 4.69) is 58.1 Å². The van der Waals surface area contributed by atoms with Gasteiger partial charge in [-0.05, 0) is 59.8 Å². The molecule has 1 aliphatic rings. The molecule has 2 aromatic heterocycles. The molecule has 8 heteroatoms. The van der Waals surface area contributed by atoms with E-state index in [0.717, 1.165) is 56.2 Å². The molecule has 0 aliphatic carbocycles.